The molecule has 2 rings (SSSR count). The molecule has 5 nitrogen and oxygen atoms in total. The van der Waals surface area contributed by atoms with E-state index in [-0.39, 0.29) is 4.90 Å². The number of sulfonamides is 1. The minimum Gasteiger partial charge on any atom is -0.300 e. The highest BCUT2D eigenvalue weighted by molar-refractivity contribution is 7.89. The Balaban J connectivity index is 1.85. The van der Waals surface area contributed by atoms with Crippen LogP contribution in [0.3, 0.4) is 0 Å². The summed E-state index contributed by atoms with van der Waals surface area (Å²) >= 11 is 0. The van der Waals surface area contributed by atoms with Gasteiger partial charge in [0, 0.05) is 39.3 Å². The van der Waals surface area contributed by atoms with Crippen LogP contribution in [0.15, 0.2) is 29.2 Å². The number of rotatable bonds is 6. The minimum absolute atomic E-state index is 0.174. The first-order chi connectivity index (χ1) is 10.7. The van der Waals surface area contributed by atoms with Crippen molar-refractivity contribution in [2.24, 2.45) is 10.6 Å². The Morgan fingerprint density at radius 1 is 1.04 bits per heavy atom. The summed E-state index contributed by atoms with van der Waals surface area (Å²) in [6.45, 7) is 13.2. The van der Waals surface area contributed by atoms with Crippen LogP contribution in [0.25, 0.3) is 0 Å². The second-order valence-electron chi connectivity index (χ2n) is 7.26. The molecule has 1 aliphatic heterocycles. The van der Waals surface area contributed by atoms with Crippen LogP contribution in [-0.4, -0.2) is 50.9 Å². The molecule has 1 saturated heterocycles. The molecule has 0 atom stereocenters. The van der Waals surface area contributed by atoms with Crippen molar-refractivity contribution in [1.82, 2.24) is 9.80 Å². The fraction of sp³-hybridized carbons (Fsp3) is 0.647. The predicted molar refractivity (Wildman–Crippen MR) is 93.6 cm³/mol. The number of hydrogen-bond acceptors (Lipinski definition) is 4. The first-order valence-electron chi connectivity index (χ1n) is 8.26. The smallest absolute Gasteiger partial charge is 0.238 e. The lowest BCUT2D eigenvalue weighted by Crippen LogP contribution is -2.48. The monoisotopic (exact) mass is 339 g/mol. The van der Waals surface area contributed by atoms with E-state index in [4.69, 9.17) is 5.14 Å². The van der Waals surface area contributed by atoms with Crippen LogP contribution in [0.2, 0.25) is 0 Å². The molecule has 0 spiro atoms. The van der Waals surface area contributed by atoms with Gasteiger partial charge in [0.2, 0.25) is 10.0 Å². The Hall–Kier alpha value is -0.950. The van der Waals surface area contributed by atoms with Crippen molar-refractivity contribution >= 4 is 10.0 Å². The van der Waals surface area contributed by atoms with Crippen molar-refractivity contribution in [3.63, 3.8) is 0 Å². The average molecular weight is 340 g/mol. The third-order valence-electron chi connectivity index (χ3n) is 4.73. The van der Waals surface area contributed by atoms with E-state index in [1.165, 1.54) is 6.42 Å². The number of primary sulfonamides is 1. The summed E-state index contributed by atoms with van der Waals surface area (Å²) in [7, 11) is -3.60. The summed E-state index contributed by atoms with van der Waals surface area (Å²) < 4.78 is 22.5. The maximum atomic E-state index is 11.3. The van der Waals surface area contributed by atoms with Crippen molar-refractivity contribution in [2.45, 2.75) is 38.6 Å². The van der Waals surface area contributed by atoms with Gasteiger partial charge in [-0.25, -0.2) is 13.6 Å². The van der Waals surface area contributed by atoms with Gasteiger partial charge in [0.15, 0.2) is 0 Å². The topological polar surface area (TPSA) is 66.6 Å². The Kier molecular flexibility index (Phi) is 5.84. The van der Waals surface area contributed by atoms with Gasteiger partial charge in [-0.2, -0.15) is 0 Å². The lowest BCUT2D eigenvalue weighted by Gasteiger charge is -2.38. The SMILES string of the molecule is CCC(C)(C)CN1CCN(Cc2ccc(S(N)(=O)=O)cc2)CC1. The third-order valence-corrected chi connectivity index (χ3v) is 5.66. The zero-order valence-corrected chi connectivity index (χ0v) is 15.3. The number of nitrogens with zero attached hydrogens (tertiary/aromatic N) is 2. The summed E-state index contributed by atoms with van der Waals surface area (Å²) in [5.41, 5.74) is 1.51. The summed E-state index contributed by atoms with van der Waals surface area (Å²) in [6.07, 6.45) is 1.20. The molecule has 0 aliphatic carbocycles. The molecule has 1 aromatic rings. The van der Waals surface area contributed by atoms with Crippen molar-refractivity contribution in [1.29, 1.82) is 0 Å². The van der Waals surface area contributed by atoms with Gasteiger partial charge >= 0.3 is 0 Å². The van der Waals surface area contributed by atoms with E-state index in [1.807, 2.05) is 12.1 Å². The predicted octanol–water partition coefficient (Wildman–Crippen LogP) is 1.89. The lowest BCUT2D eigenvalue weighted by atomic mass is 9.89. The molecule has 2 N–H and O–H groups in total. The number of benzene rings is 1. The van der Waals surface area contributed by atoms with Crippen LogP contribution >= 0.6 is 0 Å². The van der Waals surface area contributed by atoms with Gasteiger partial charge in [0.25, 0.3) is 0 Å². The Morgan fingerprint density at radius 3 is 2.04 bits per heavy atom. The molecular formula is C17H29N3O2S. The zero-order chi connectivity index (χ0) is 17.1. The van der Waals surface area contributed by atoms with E-state index in [0.717, 1.165) is 44.8 Å². The van der Waals surface area contributed by atoms with Crippen molar-refractivity contribution in [3.05, 3.63) is 29.8 Å². The van der Waals surface area contributed by atoms with Gasteiger partial charge in [-0.3, -0.25) is 4.90 Å². The fourth-order valence-corrected chi connectivity index (χ4v) is 3.38. The highest BCUT2D eigenvalue weighted by Gasteiger charge is 2.23. The molecule has 130 valence electrons. The molecule has 0 saturated carbocycles. The second-order valence-corrected chi connectivity index (χ2v) is 8.82. The lowest BCUT2D eigenvalue weighted by molar-refractivity contribution is 0.0917. The summed E-state index contributed by atoms with van der Waals surface area (Å²) in [6, 6.07) is 6.88. The molecule has 1 aliphatic rings. The first-order valence-corrected chi connectivity index (χ1v) is 9.81. The van der Waals surface area contributed by atoms with Gasteiger partial charge in [0.05, 0.1) is 4.90 Å². The average Bonchev–Trinajstić information content (AvgIpc) is 2.49. The molecular weight excluding hydrogens is 310 g/mol. The number of hydrogen-bond donors (Lipinski definition) is 1. The highest BCUT2D eigenvalue weighted by Crippen LogP contribution is 2.22. The van der Waals surface area contributed by atoms with Crippen LogP contribution in [0.4, 0.5) is 0 Å². The quantitative estimate of drug-likeness (QED) is 0.859. The number of piperazine rings is 1. The van der Waals surface area contributed by atoms with Crippen LogP contribution < -0.4 is 5.14 Å². The van der Waals surface area contributed by atoms with Crippen LogP contribution in [-0.2, 0) is 16.6 Å². The van der Waals surface area contributed by atoms with E-state index in [9.17, 15) is 8.42 Å². The van der Waals surface area contributed by atoms with Gasteiger partial charge in [-0.15, -0.1) is 0 Å². The van der Waals surface area contributed by atoms with Crippen molar-refractivity contribution in [2.75, 3.05) is 32.7 Å². The molecule has 0 bridgehead atoms. The van der Waals surface area contributed by atoms with Crippen LogP contribution in [0.1, 0.15) is 32.8 Å². The largest absolute Gasteiger partial charge is 0.300 e. The molecule has 0 amide bonds. The molecule has 0 radical (unpaired) electrons. The van der Waals surface area contributed by atoms with Gasteiger partial charge in [-0.1, -0.05) is 32.9 Å². The molecule has 0 unspecified atom stereocenters. The third kappa shape index (κ3) is 5.57. The van der Waals surface area contributed by atoms with Gasteiger partial charge < -0.3 is 4.90 Å². The van der Waals surface area contributed by atoms with Crippen molar-refractivity contribution in [3.8, 4) is 0 Å². The summed E-state index contributed by atoms with van der Waals surface area (Å²) in [5, 5.41) is 5.12. The van der Waals surface area contributed by atoms with E-state index in [1.54, 1.807) is 12.1 Å². The Labute approximate surface area is 140 Å². The maximum Gasteiger partial charge on any atom is 0.238 e. The van der Waals surface area contributed by atoms with E-state index in [0.29, 0.717) is 5.41 Å². The second kappa shape index (κ2) is 7.30. The standard InChI is InChI=1S/C17H29N3O2S/c1-4-17(2,3)14-20-11-9-19(10-12-20)13-15-5-7-16(8-6-15)23(18,21)22/h5-8H,4,9-14H2,1-3H3,(H2,18,21,22). The Morgan fingerprint density at radius 2 is 1.57 bits per heavy atom. The molecule has 1 fully saturated rings. The maximum absolute atomic E-state index is 11.3. The van der Waals surface area contributed by atoms with Crippen molar-refractivity contribution < 1.29 is 8.42 Å². The zero-order valence-electron chi connectivity index (χ0n) is 14.5. The Bertz CT molecular complexity index is 603. The number of nitrogens with two attached hydrogens (primary N) is 1. The minimum atomic E-state index is -3.60. The van der Waals surface area contributed by atoms with Crippen LogP contribution in [0.5, 0.6) is 0 Å². The molecule has 1 heterocycles. The molecule has 1 aromatic carbocycles. The van der Waals surface area contributed by atoms with Gasteiger partial charge in [-0.05, 0) is 29.5 Å². The normalized spacial score (nSPS) is 18.3. The molecule has 6 heteroatoms. The summed E-state index contributed by atoms with van der Waals surface area (Å²) in [5.74, 6) is 0. The van der Waals surface area contributed by atoms with E-state index >= 15 is 0 Å². The first kappa shape index (κ1) is 18.4. The van der Waals surface area contributed by atoms with E-state index in [2.05, 4.69) is 30.6 Å². The molecule has 0 aromatic heterocycles. The highest BCUT2D eigenvalue weighted by atomic mass is 32.2. The summed E-state index contributed by atoms with van der Waals surface area (Å²) in [4.78, 5) is 5.14. The van der Waals surface area contributed by atoms with Crippen LogP contribution in [0, 0.1) is 5.41 Å². The molecule has 23 heavy (non-hydrogen) atoms. The fourth-order valence-electron chi connectivity index (χ4n) is 2.87. The van der Waals surface area contributed by atoms with Gasteiger partial charge in [0.1, 0.15) is 0 Å². The van der Waals surface area contributed by atoms with E-state index < -0.39 is 10.0 Å².